The second-order valence-electron chi connectivity index (χ2n) is 2.07. The van der Waals surface area contributed by atoms with Crippen LogP contribution in [0.15, 0.2) is 0 Å². The topological polar surface area (TPSA) is 18.5 Å². The molecular weight excluding hydrogens is 147 g/mol. The molecule has 3 heteroatoms. The van der Waals surface area contributed by atoms with Crippen molar-refractivity contribution < 1.29 is 9.05 Å². The first-order valence-corrected chi connectivity index (χ1v) is 4.72. The third kappa shape index (κ3) is 8.35. The molecule has 0 radical (unpaired) electrons. The molecule has 1 atom stereocenters. The minimum Gasteiger partial charge on any atom is -0.337 e. The first-order chi connectivity index (χ1) is 4.91. The molecule has 0 aliphatic carbocycles. The van der Waals surface area contributed by atoms with Crippen LogP contribution in [0.2, 0.25) is 0 Å². The zero-order chi connectivity index (χ0) is 7.66. The van der Waals surface area contributed by atoms with E-state index in [-0.39, 0.29) is 9.03 Å². The zero-order valence-electron chi connectivity index (χ0n) is 6.85. The average molecular weight is 164 g/mol. The Hall–Kier alpha value is 0.350. The Labute approximate surface area is 65.2 Å². The van der Waals surface area contributed by atoms with Crippen LogP contribution >= 0.6 is 9.03 Å². The van der Waals surface area contributed by atoms with E-state index in [9.17, 15) is 0 Å². The summed E-state index contributed by atoms with van der Waals surface area (Å²) in [5.74, 6) is 0. The summed E-state index contributed by atoms with van der Waals surface area (Å²) in [5.41, 5.74) is 0. The molecule has 0 saturated heterocycles. The summed E-state index contributed by atoms with van der Waals surface area (Å²) in [4.78, 5) is 0. The van der Waals surface area contributed by atoms with Gasteiger partial charge in [0.05, 0.1) is 13.2 Å². The Balaban J connectivity index is 2.65. The van der Waals surface area contributed by atoms with Crippen LogP contribution in [0.3, 0.4) is 0 Å². The SMILES string of the molecule is CCCCCOPOCC. The fourth-order valence-corrected chi connectivity index (χ4v) is 0.995. The minimum atomic E-state index is 0.244. The van der Waals surface area contributed by atoms with E-state index >= 15 is 0 Å². The molecule has 10 heavy (non-hydrogen) atoms. The van der Waals surface area contributed by atoms with Gasteiger partial charge in [0.15, 0.2) is 9.03 Å². The number of hydrogen-bond donors (Lipinski definition) is 0. The normalized spacial score (nSPS) is 11.4. The molecule has 0 rings (SSSR count). The van der Waals surface area contributed by atoms with Crippen LogP contribution in [0.25, 0.3) is 0 Å². The van der Waals surface area contributed by atoms with Gasteiger partial charge < -0.3 is 9.05 Å². The fraction of sp³-hybridized carbons (Fsp3) is 1.00. The van der Waals surface area contributed by atoms with Crippen molar-refractivity contribution in [2.45, 2.75) is 33.1 Å². The van der Waals surface area contributed by atoms with Crippen LogP contribution in [0.1, 0.15) is 33.1 Å². The van der Waals surface area contributed by atoms with Crippen molar-refractivity contribution in [3.63, 3.8) is 0 Å². The van der Waals surface area contributed by atoms with Crippen molar-refractivity contribution in [1.82, 2.24) is 0 Å². The van der Waals surface area contributed by atoms with Gasteiger partial charge in [0.2, 0.25) is 0 Å². The molecule has 0 heterocycles. The zero-order valence-corrected chi connectivity index (χ0v) is 7.85. The van der Waals surface area contributed by atoms with Gasteiger partial charge in [0.1, 0.15) is 0 Å². The van der Waals surface area contributed by atoms with Crippen molar-refractivity contribution in [2.75, 3.05) is 13.2 Å². The van der Waals surface area contributed by atoms with E-state index < -0.39 is 0 Å². The predicted octanol–water partition coefficient (Wildman–Crippen LogP) is 2.74. The second kappa shape index (κ2) is 9.35. The molecule has 1 unspecified atom stereocenters. The van der Waals surface area contributed by atoms with Crippen LogP contribution in [-0.2, 0) is 9.05 Å². The summed E-state index contributed by atoms with van der Waals surface area (Å²) in [5, 5.41) is 0. The maximum absolute atomic E-state index is 5.18. The Kier molecular flexibility index (Phi) is 9.68. The highest BCUT2D eigenvalue weighted by molar-refractivity contribution is 7.26. The lowest BCUT2D eigenvalue weighted by Crippen LogP contribution is -1.85. The van der Waals surface area contributed by atoms with E-state index in [0.29, 0.717) is 0 Å². The molecule has 0 bridgehead atoms. The lowest BCUT2D eigenvalue weighted by Gasteiger charge is -2.01. The molecule has 0 saturated carbocycles. The van der Waals surface area contributed by atoms with Crippen LogP contribution < -0.4 is 0 Å². The number of unbranched alkanes of at least 4 members (excludes halogenated alkanes) is 2. The van der Waals surface area contributed by atoms with Gasteiger partial charge in [-0.3, -0.25) is 0 Å². The van der Waals surface area contributed by atoms with Gasteiger partial charge in [0, 0.05) is 0 Å². The van der Waals surface area contributed by atoms with Crippen molar-refractivity contribution >= 4 is 9.03 Å². The van der Waals surface area contributed by atoms with Crippen molar-refractivity contribution in [1.29, 1.82) is 0 Å². The lowest BCUT2D eigenvalue weighted by molar-refractivity contribution is 0.271. The maximum atomic E-state index is 5.18. The van der Waals surface area contributed by atoms with Gasteiger partial charge in [-0.1, -0.05) is 19.8 Å². The minimum absolute atomic E-state index is 0.244. The molecule has 0 aliphatic heterocycles. The largest absolute Gasteiger partial charge is 0.337 e. The van der Waals surface area contributed by atoms with E-state index in [0.717, 1.165) is 19.6 Å². The lowest BCUT2D eigenvalue weighted by atomic mass is 10.3. The quantitative estimate of drug-likeness (QED) is 0.425. The molecule has 0 aromatic carbocycles. The van der Waals surface area contributed by atoms with E-state index in [1.54, 1.807) is 0 Å². The molecule has 0 fully saturated rings. The third-order valence-corrected chi connectivity index (χ3v) is 1.84. The van der Waals surface area contributed by atoms with Crippen LogP contribution in [0.5, 0.6) is 0 Å². The summed E-state index contributed by atoms with van der Waals surface area (Å²) in [6.45, 7) is 5.77. The third-order valence-electron chi connectivity index (χ3n) is 1.11. The van der Waals surface area contributed by atoms with Gasteiger partial charge in [-0.25, -0.2) is 0 Å². The number of rotatable bonds is 7. The first kappa shape index (κ1) is 10.3. The van der Waals surface area contributed by atoms with Gasteiger partial charge in [-0.05, 0) is 13.3 Å². The smallest absolute Gasteiger partial charge is 0.155 e. The molecular formula is C7H17O2P. The molecule has 0 spiro atoms. The highest BCUT2D eigenvalue weighted by atomic mass is 31.1. The van der Waals surface area contributed by atoms with Gasteiger partial charge in [0.25, 0.3) is 0 Å². The van der Waals surface area contributed by atoms with E-state index in [1.807, 2.05) is 6.92 Å². The molecule has 0 aliphatic rings. The molecule has 62 valence electrons. The Morgan fingerprint density at radius 3 is 2.50 bits per heavy atom. The summed E-state index contributed by atoms with van der Waals surface area (Å²) in [6, 6.07) is 0. The summed E-state index contributed by atoms with van der Waals surface area (Å²) in [6.07, 6.45) is 3.67. The summed E-state index contributed by atoms with van der Waals surface area (Å²) in [7, 11) is 0.244. The molecule has 0 aromatic heterocycles. The highest BCUT2D eigenvalue weighted by Gasteiger charge is 1.86. The van der Waals surface area contributed by atoms with Gasteiger partial charge >= 0.3 is 0 Å². The maximum Gasteiger partial charge on any atom is 0.155 e. The second-order valence-corrected chi connectivity index (χ2v) is 2.82. The standard InChI is InChI=1S/C7H17O2P/c1-3-5-6-7-9-10-8-4-2/h10H,3-7H2,1-2H3. The number of hydrogen-bond acceptors (Lipinski definition) is 2. The molecule has 0 aromatic rings. The van der Waals surface area contributed by atoms with Crippen molar-refractivity contribution in [2.24, 2.45) is 0 Å². The average Bonchev–Trinajstić information content (AvgIpc) is 1.97. The predicted molar refractivity (Wildman–Crippen MR) is 45.4 cm³/mol. The van der Waals surface area contributed by atoms with E-state index in [1.165, 1.54) is 12.8 Å². The highest BCUT2D eigenvalue weighted by Crippen LogP contribution is 2.13. The summed E-state index contributed by atoms with van der Waals surface area (Å²) >= 11 is 0. The van der Waals surface area contributed by atoms with Gasteiger partial charge in [-0.15, -0.1) is 0 Å². The van der Waals surface area contributed by atoms with E-state index in [4.69, 9.17) is 9.05 Å². The van der Waals surface area contributed by atoms with Crippen molar-refractivity contribution in [3.8, 4) is 0 Å². The van der Waals surface area contributed by atoms with Crippen LogP contribution in [0, 0.1) is 0 Å². The van der Waals surface area contributed by atoms with Crippen molar-refractivity contribution in [3.05, 3.63) is 0 Å². The van der Waals surface area contributed by atoms with Crippen LogP contribution in [0.4, 0.5) is 0 Å². The van der Waals surface area contributed by atoms with Crippen LogP contribution in [-0.4, -0.2) is 13.2 Å². The summed E-state index contributed by atoms with van der Waals surface area (Å²) < 4.78 is 10.2. The van der Waals surface area contributed by atoms with E-state index in [2.05, 4.69) is 6.92 Å². The first-order valence-electron chi connectivity index (χ1n) is 3.90. The molecule has 0 amide bonds. The molecule has 0 N–H and O–H groups in total. The fourth-order valence-electron chi connectivity index (χ4n) is 0.566. The Bertz CT molecular complexity index is 51.6. The van der Waals surface area contributed by atoms with Gasteiger partial charge in [-0.2, -0.15) is 0 Å². The molecule has 2 nitrogen and oxygen atoms in total. The Morgan fingerprint density at radius 2 is 1.90 bits per heavy atom. The Morgan fingerprint density at radius 1 is 1.10 bits per heavy atom. The monoisotopic (exact) mass is 164 g/mol.